The first-order valence-corrected chi connectivity index (χ1v) is 7.30. The minimum absolute atomic E-state index is 0.0398. The molecule has 2 nitrogen and oxygen atoms in total. The van der Waals surface area contributed by atoms with Gasteiger partial charge < -0.3 is 5.11 Å². The third-order valence-electron chi connectivity index (χ3n) is 3.38. The first-order chi connectivity index (χ1) is 10.2. The first kappa shape index (κ1) is 15.0. The predicted octanol–water partition coefficient (Wildman–Crippen LogP) is 4.85. The second-order valence-electron chi connectivity index (χ2n) is 5.03. The molecule has 1 N–H and O–H groups in total. The summed E-state index contributed by atoms with van der Waals surface area (Å²) in [5.74, 6) is -0.0524. The van der Waals surface area contributed by atoms with Crippen LogP contribution < -0.4 is 0 Å². The van der Waals surface area contributed by atoms with Crippen LogP contribution in [0.5, 0.6) is 5.75 Å². The van der Waals surface area contributed by atoms with Crippen LogP contribution >= 0.6 is 0 Å². The molecule has 2 aromatic rings. The Hall–Kier alpha value is -2.35. The molecule has 2 aromatic carbocycles. The van der Waals surface area contributed by atoms with Gasteiger partial charge in [0, 0.05) is 5.57 Å². The fourth-order valence-corrected chi connectivity index (χ4v) is 2.21. The highest BCUT2D eigenvalue weighted by Crippen LogP contribution is 2.23. The van der Waals surface area contributed by atoms with Gasteiger partial charge in [-0.2, -0.15) is 0 Å². The highest BCUT2D eigenvalue weighted by Gasteiger charge is 2.15. The van der Waals surface area contributed by atoms with E-state index in [1.165, 1.54) is 0 Å². The van der Waals surface area contributed by atoms with E-state index in [-0.39, 0.29) is 11.5 Å². The summed E-state index contributed by atoms with van der Waals surface area (Å²) in [6.45, 7) is 2.10. The Morgan fingerprint density at radius 2 is 1.71 bits per heavy atom. The van der Waals surface area contributed by atoms with Gasteiger partial charge in [-0.05, 0) is 36.6 Å². The van der Waals surface area contributed by atoms with Crippen LogP contribution in [0.3, 0.4) is 0 Å². The summed E-state index contributed by atoms with van der Waals surface area (Å²) >= 11 is 0. The number of aromatic hydroxyl groups is 1. The maximum atomic E-state index is 12.6. The van der Waals surface area contributed by atoms with Crippen molar-refractivity contribution >= 4 is 11.9 Å². The average molecular weight is 280 g/mol. The van der Waals surface area contributed by atoms with Crippen LogP contribution in [0.4, 0.5) is 0 Å². The number of phenols is 1. The van der Waals surface area contributed by atoms with Gasteiger partial charge in [-0.1, -0.05) is 55.8 Å². The van der Waals surface area contributed by atoms with Gasteiger partial charge in [0.2, 0.25) is 0 Å². The van der Waals surface area contributed by atoms with Gasteiger partial charge in [-0.25, -0.2) is 0 Å². The van der Waals surface area contributed by atoms with Crippen molar-refractivity contribution in [2.24, 2.45) is 0 Å². The van der Waals surface area contributed by atoms with Crippen LogP contribution in [-0.4, -0.2) is 10.9 Å². The molecule has 21 heavy (non-hydrogen) atoms. The SMILES string of the molecule is CCCC/C(=C\c1ccccc1)C(=O)c1ccccc1O. The van der Waals surface area contributed by atoms with Crippen molar-refractivity contribution in [1.29, 1.82) is 0 Å². The zero-order valence-electron chi connectivity index (χ0n) is 12.3. The lowest BCUT2D eigenvalue weighted by molar-refractivity contribution is 0.102. The summed E-state index contributed by atoms with van der Waals surface area (Å²) in [6.07, 6.45) is 4.63. The van der Waals surface area contributed by atoms with E-state index in [9.17, 15) is 9.90 Å². The summed E-state index contributed by atoms with van der Waals surface area (Å²) in [5.41, 5.74) is 2.12. The van der Waals surface area contributed by atoms with E-state index in [1.807, 2.05) is 36.4 Å². The summed E-state index contributed by atoms with van der Waals surface area (Å²) < 4.78 is 0. The number of hydrogen-bond acceptors (Lipinski definition) is 2. The Morgan fingerprint density at radius 3 is 2.38 bits per heavy atom. The van der Waals surface area contributed by atoms with Crippen LogP contribution in [0.1, 0.15) is 42.1 Å². The number of carbonyl (C=O) groups is 1. The molecule has 0 amide bonds. The predicted molar refractivity (Wildman–Crippen MR) is 86.4 cm³/mol. The van der Waals surface area contributed by atoms with Crippen molar-refractivity contribution < 1.29 is 9.90 Å². The molecule has 0 unspecified atom stereocenters. The summed E-state index contributed by atoms with van der Waals surface area (Å²) in [7, 11) is 0. The molecule has 0 saturated heterocycles. The molecule has 2 heteroatoms. The maximum absolute atomic E-state index is 12.6. The molecular formula is C19H20O2. The number of rotatable bonds is 6. The first-order valence-electron chi connectivity index (χ1n) is 7.30. The van der Waals surface area contributed by atoms with Gasteiger partial charge in [0.1, 0.15) is 5.75 Å². The fraction of sp³-hybridized carbons (Fsp3) is 0.211. The van der Waals surface area contributed by atoms with Crippen molar-refractivity contribution in [3.63, 3.8) is 0 Å². The van der Waals surface area contributed by atoms with E-state index in [0.717, 1.165) is 30.4 Å². The number of ketones is 1. The van der Waals surface area contributed by atoms with Crippen LogP contribution in [0, 0.1) is 0 Å². The van der Waals surface area contributed by atoms with Gasteiger partial charge in [0.25, 0.3) is 0 Å². The van der Waals surface area contributed by atoms with Gasteiger partial charge in [-0.3, -0.25) is 4.79 Å². The number of unbranched alkanes of at least 4 members (excludes halogenated alkanes) is 1. The molecular weight excluding hydrogens is 260 g/mol. The minimum Gasteiger partial charge on any atom is -0.507 e. The lowest BCUT2D eigenvalue weighted by Gasteiger charge is -2.08. The number of hydrogen-bond donors (Lipinski definition) is 1. The summed E-state index contributed by atoms with van der Waals surface area (Å²) in [4.78, 5) is 12.6. The molecule has 0 radical (unpaired) electrons. The molecule has 0 aliphatic rings. The smallest absolute Gasteiger partial charge is 0.192 e. The average Bonchev–Trinajstić information content (AvgIpc) is 2.52. The van der Waals surface area contributed by atoms with Crippen molar-refractivity contribution in [2.45, 2.75) is 26.2 Å². The van der Waals surface area contributed by atoms with E-state index >= 15 is 0 Å². The summed E-state index contributed by atoms with van der Waals surface area (Å²) in [6, 6.07) is 16.5. The van der Waals surface area contributed by atoms with E-state index in [2.05, 4.69) is 6.92 Å². The van der Waals surface area contributed by atoms with Crippen LogP contribution in [0.15, 0.2) is 60.2 Å². The lowest BCUT2D eigenvalue weighted by atomic mass is 9.96. The second kappa shape index (κ2) is 7.44. The molecule has 0 aliphatic carbocycles. The molecule has 108 valence electrons. The Morgan fingerprint density at radius 1 is 1.05 bits per heavy atom. The number of Topliss-reactive ketones (excluding diaryl/α,β-unsaturated/α-hetero) is 1. The summed E-state index contributed by atoms with van der Waals surface area (Å²) in [5, 5.41) is 9.87. The molecule has 0 heterocycles. The Labute approximate surface area is 125 Å². The molecule has 0 aliphatic heterocycles. The molecule has 0 spiro atoms. The molecule has 0 atom stereocenters. The number of para-hydroxylation sites is 1. The highest BCUT2D eigenvalue weighted by atomic mass is 16.3. The highest BCUT2D eigenvalue weighted by molar-refractivity contribution is 6.12. The third-order valence-corrected chi connectivity index (χ3v) is 3.38. The van der Waals surface area contributed by atoms with Crippen molar-refractivity contribution in [2.75, 3.05) is 0 Å². The number of carbonyl (C=O) groups excluding carboxylic acids is 1. The monoisotopic (exact) mass is 280 g/mol. The Kier molecular flexibility index (Phi) is 5.33. The Balaban J connectivity index is 2.34. The van der Waals surface area contributed by atoms with E-state index in [4.69, 9.17) is 0 Å². The molecule has 0 aromatic heterocycles. The van der Waals surface area contributed by atoms with E-state index < -0.39 is 0 Å². The minimum atomic E-state index is -0.0922. The molecule has 2 rings (SSSR count). The fourth-order valence-electron chi connectivity index (χ4n) is 2.21. The molecule has 0 saturated carbocycles. The van der Waals surface area contributed by atoms with Gasteiger partial charge in [-0.15, -0.1) is 0 Å². The largest absolute Gasteiger partial charge is 0.507 e. The number of benzene rings is 2. The van der Waals surface area contributed by atoms with E-state index in [1.54, 1.807) is 24.3 Å². The standard InChI is InChI=1S/C19H20O2/c1-2-3-11-16(14-15-9-5-4-6-10-15)19(21)17-12-7-8-13-18(17)20/h4-10,12-14,20H,2-3,11H2,1H3/b16-14+. The quantitative estimate of drug-likeness (QED) is 0.606. The van der Waals surface area contributed by atoms with Gasteiger partial charge in [0.05, 0.1) is 5.56 Å². The number of allylic oxidation sites excluding steroid dienone is 1. The van der Waals surface area contributed by atoms with Crippen LogP contribution in [0.25, 0.3) is 6.08 Å². The van der Waals surface area contributed by atoms with Gasteiger partial charge in [0.15, 0.2) is 5.78 Å². The Bertz CT molecular complexity index is 627. The lowest BCUT2D eigenvalue weighted by Crippen LogP contribution is -2.04. The van der Waals surface area contributed by atoms with E-state index in [0.29, 0.717) is 5.56 Å². The van der Waals surface area contributed by atoms with Crippen molar-refractivity contribution in [3.8, 4) is 5.75 Å². The second-order valence-corrected chi connectivity index (χ2v) is 5.03. The normalized spacial score (nSPS) is 11.4. The number of phenolic OH excluding ortho intramolecular Hbond substituents is 1. The zero-order chi connectivity index (χ0) is 15.1. The van der Waals surface area contributed by atoms with Gasteiger partial charge >= 0.3 is 0 Å². The molecule has 0 fully saturated rings. The van der Waals surface area contributed by atoms with Crippen molar-refractivity contribution in [3.05, 3.63) is 71.3 Å². The maximum Gasteiger partial charge on any atom is 0.192 e. The van der Waals surface area contributed by atoms with Crippen molar-refractivity contribution in [1.82, 2.24) is 0 Å². The van der Waals surface area contributed by atoms with Crippen LogP contribution in [0.2, 0.25) is 0 Å². The topological polar surface area (TPSA) is 37.3 Å². The third kappa shape index (κ3) is 4.06. The van der Waals surface area contributed by atoms with Crippen LogP contribution in [-0.2, 0) is 0 Å². The molecule has 0 bridgehead atoms. The zero-order valence-corrected chi connectivity index (χ0v) is 12.3.